The second-order valence-corrected chi connectivity index (χ2v) is 1.88. The maximum Gasteiger partial charge on any atom is 0.122 e. The van der Waals surface area contributed by atoms with E-state index in [9.17, 15) is 0 Å². The quantitative estimate of drug-likeness (QED) is 0.622. The third kappa shape index (κ3) is 2.98. The van der Waals surface area contributed by atoms with Crippen LogP contribution in [0.15, 0.2) is 24.3 Å². The molecule has 0 heterocycles. The van der Waals surface area contributed by atoms with Gasteiger partial charge in [0.2, 0.25) is 0 Å². The van der Waals surface area contributed by atoms with E-state index in [1.807, 2.05) is 24.3 Å². The van der Waals surface area contributed by atoms with Crippen LogP contribution in [-0.4, -0.2) is 14.2 Å². The molecule has 0 bridgehead atoms. The molecule has 64 valence electrons. The predicted octanol–water partition coefficient (Wildman–Crippen LogP) is 1.95. The van der Waals surface area contributed by atoms with Crippen molar-refractivity contribution in [2.75, 3.05) is 14.2 Å². The Morgan fingerprint density at radius 1 is 1.00 bits per heavy atom. The van der Waals surface area contributed by atoms with Crippen molar-refractivity contribution in [2.24, 2.45) is 0 Å². The molecular formula is C10H12O2. The molecule has 1 aromatic carbocycles. The summed E-state index contributed by atoms with van der Waals surface area (Å²) in [4.78, 5) is 0. The average Bonchev–Trinajstić information content (AvgIpc) is 2.21. The van der Waals surface area contributed by atoms with Crippen molar-refractivity contribution in [3.63, 3.8) is 0 Å². The second kappa shape index (κ2) is 6.11. The Labute approximate surface area is 73.1 Å². The lowest BCUT2D eigenvalue weighted by Gasteiger charge is -2.01. The largest absolute Gasteiger partial charge is 0.497 e. The zero-order chi connectivity index (χ0) is 9.40. The van der Waals surface area contributed by atoms with Crippen LogP contribution in [-0.2, 0) is 0 Å². The van der Waals surface area contributed by atoms with Crippen LogP contribution in [0.25, 0.3) is 0 Å². The van der Waals surface area contributed by atoms with Crippen molar-refractivity contribution >= 4 is 0 Å². The molecule has 0 aliphatic heterocycles. The van der Waals surface area contributed by atoms with Gasteiger partial charge >= 0.3 is 0 Å². The molecule has 0 saturated heterocycles. The number of ether oxygens (including phenoxy) is 2. The first kappa shape index (κ1) is 10.4. The Morgan fingerprint density at radius 2 is 1.42 bits per heavy atom. The minimum absolute atomic E-state index is 0.819. The molecule has 0 unspecified atom stereocenters. The molecule has 2 heteroatoms. The fourth-order valence-electron chi connectivity index (χ4n) is 0.728. The van der Waals surface area contributed by atoms with E-state index in [0.717, 1.165) is 11.5 Å². The highest BCUT2D eigenvalue weighted by Gasteiger charge is 1.91. The van der Waals surface area contributed by atoms with Gasteiger partial charge in [0.15, 0.2) is 0 Å². The summed E-state index contributed by atoms with van der Waals surface area (Å²) in [6.45, 7) is 0. The fourth-order valence-corrected chi connectivity index (χ4v) is 0.728. The van der Waals surface area contributed by atoms with Crippen LogP contribution in [0.5, 0.6) is 11.5 Å². The Balaban J connectivity index is 0.000000561. The predicted molar refractivity (Wildman–Crippen MR) is 49.4 cm³/mol. The molecule has 0 atom stereocenters. The number of terminal acetylenes is 1. The topological polar surface area (TPSA) is 18.5 Å². The van der Waals surface area contributed by atoms with Gasteiger partial charge in [-0.25, -0.2) is 0 Å². The van der Waals surface area contributed by atoms with Crippen molar-refractivity contribution in [1.29, 1.82) is 0 Å². The van der Waals surface area contributed by atoms with Crippen molar-refractivity contribution < 1.29 is 9.47 Å². The monoisotopic (exact) mass is 164 g/mol. The highest BCUT2D eigenvalue weighted by molar-refractivity contribution is 5.32. The van der Waals surface area contributed by atoms with Gasteiger partial charge in [-0.2, -0.15) is 0 Å². The number of benzene rings is 1. The van der Waals surface area contributed by atoms with Crippen LogP contribution < -0.4 is 9.47 Å². The minimum atomic E-state index is 0.819. The standard InChI is InChI=1S/C8H10O2.C2H2/c1-9-7-4-3-5-8(6-7)10-2;1-2/h3-6H,1-2H3;1-2H. The molecule has 0 aliphatic rings. The van der Waals surface area contributed by atoms with Crippen LogP contribution in [0.2, 0.25) is 0 Å². The first-order chi connectivity index (χ1) is 5.86. The number of hydrogen-bond donors (Lipinski definition) is 0. The molecule has 0 N–H and O–H groups in total. The molecule has 0 amide bonds. The zero-order valence-electron chi connectivity index (χ0n) is 7.28. The lowest BCUT2D eigenvalue weighted by molar-refractivity contribution is 0.394. The van der Waals surface area contributed by atoms with Crippen LogP contribution in [0.4, 0.5) is 0 Å². The van der Waals surface area contributed by atoms with Gasteiger partial charge in [-0.3, -0.25) is 0 Å². The lowest BCUT2D eigenvalue weighted by atomic mass is 10.3. The first-order valence-electron chi connectivity index (χ1n) is 3.38. The second-order valence-electron chi connectivity index (χ2n) is 1.88. The third-order valence-corrected chi connectivity index (χ3v) is 1.28. The number of methoxy groups -OCH3 is 2. The van der Waals surface area contributed by atoms with Gasteiger partial charge in [0.1, 0.15) is 11.5 Å². The van der Waals surface area contributed by atoms with Gasteiger partial charge in [0.25, 0.3) is 0 Å². The van der Waals surface area contributed by atoms with E-state index in [2.05, 4.69) is 12.8 Å². The molecule has 0 saturated carbocycles. The maximum atomic E-state index is 4.98. The van der Waals surface area contributed by atoms with Gasteiger partial charge in [0, 0.05) is 6.07 Å². The summed E-state index contributed by atoms with van der Waals surface area (Å²) in [6, 6.07) is 7.47. The Bertz CT molecular complexity index is 221. The maximum absolute atomic E-state index is 4.98. The van der Waals surface area contributed by atoms with Gasteiger partial charge < -0.3 is 9.47 Å². The normalized spacial score (nSPS) is 7.67. The molecule has 0 aliphatic carbocycles. The summed E-state index contributed by atoms with van der Waals surface area (Å²) in [6.07, 6.45) is 8.00. The highest BCUT2D eigenvalue weighted by atomic mass is 16.5. The zero-order valence-corrected chi connectivity index (χ0v) is 7.28. The molecule has 0 aromatic heterocycles. The molecule has 1 rings (SSSR count). The van der Waals surface area contributed by atoms with Crippen LogP contribution in [0.1, 0.15) is 0 Å². The molecular weight excluding hydrogens is 152 g/mol. The van der Waals surface area contributed by atoms with E-state index in [-0.39, 0.29) is 0 Å². The van der Waals surface area contributed by atoms with E-state index >= 15 is 0 Å². The van der Waals surface area contributed by atoms with E-state index in [0.29, 0.717) is 0 Å². The summed E-state index contributed by atoms with van der Waals surface area (Å²) in [5.41, 5.74) is 0. The summed E-state index contributed by atoms with van der Waals surface area (Å²) in [5, 5.41) is 0. The van der Waals surface area contributed by atoms with Crippen LogP contribution in [0.3, 0.4) is 0 Å². The third-order valence-electron chi connectivity index (χ3n) is 1.28. The Morgan fingerprint density at radius 3 is 1.75 bits per heavy atom. The van der Waals surface area contributed by atoms with Crippen LogP contribution >= 0.6 is 0 Å². The molecule has 12 heavy (non-hydrogen) atoms. The van der Waals surface area contributed by atoms with Crippen LogP contribution in [0, 0.1) is 12.8 Å². The van der Waals surface area contributed by atoms with Gasteiger partial charge in [-0.05, 0) is 12.1 Å². The summed E-state index contributed by atoms with van der Waals surface area (Å²) in [7, 11) is 3.27. The van der Waals surface area contributed by atoms with Gasteiger partial charge in [-0.15, -0.1) is 12.8 Å². The van der Waals surface area contributed by atoms with Crippen molar-refractivity contribution in [3.05, 3.63) is 24.3 Å². The summed E-state index contributed by atoms with van der Waals surface area (Å²) >= 11 is 0. The van der Waals surface area contributed by atoms with Crippen molar-refractivity contribution in [1.82, 2.24) is 0 Å². The highest BCUT2D eigenvalue weighted by Crippen LogP contribution is 2.17. The Kier molecular flexibility index (Phi) is 5.29. The summed E-state index contributed by atoms with van der Waals surface area (Å²) in [5.74, 6) is 1.64. The Hall–Kier alpha value is -1.62. The molecule has 0 spiro atoms. The van der Waals surface area contributed by atoms with E-state index < -0.39 is 0 Å². The van der Waals surface area contributed by atoms with Crippen molar-refractivity contribution in [2.45, 2.75) is 0 Å². The molecule has 0 fully saturated rings. The van der Waals surface area contributed by atoms with Crippen molar-refractivity contribution in [3.8, 4) is 24.3 Å². The summed E-state index contributed by atoms with van der Waals surface area (Å²) < 4.78 is 9.95. The van der Waals surface area contributed by atoms with E-state index in [1.165, 1.54) is 0 Å². The first-order valence-corrected chi connectivity index (χ1v) is 3.38. The molecule has 2 nitrogen and oxygen atoms in total. The average molecular weight is 164 g/mol. The fraction of sp³-hybridized carbons (Fsp3) is 0.200. The smallest absolute Gasteiger partial charge is 0.122 e. The number of rotatable bonds is 2. The lowest BCUT2D eigenvalue weighted by Crippen LogP contribution is -1.84. The van der Waals surface area contributed by atoms with Gasteiger partial charge in [-0.1, -0.05) is 6.07 Å². The SMILES string of the molecule is C#C.COc1cccc(OC)c1. The molecule has 0 radical (unpaired) electrons. The molecule has 1 aromatic rings. The van der Waals surface area contributed by atoms with Gasteiger partial charge in [0.05, 0.1) is 14.2 Å². The van der Waals surface area contributed by atoms with E-state index in [1.54, 1.807) is 14.2 Å². The van der Waals surface area contributed by atoms with E-state index in [4.69, 9.17) is 9.47 Å². The minimum Gasteiger partial charge on any atom is -0.497 e. The number of hydrogen-bond acceptors (Lipinski definition) is 2.